The standard InChI is InChI=1S/C20H23N3O2/c24-19(22-15-11-5-7-13-6-1-2-8-14(13)15)12-18-20(25)23-17-10-4-3-9-16(17)21-18/h1-2,5-8,11,16-18,21H,3-4,9-10,12H2,(H,22,24)(H,23,25). The Morgan fingerprint density at radius 1 is 1.04 bits per heavy atom. The van der Waals surface area contributed by atoms with E-state index in [1.165, 1.54) is 6.42 Å². The maximum atomic E-state index is 12.5. The lowest BCUT2D eigenvalue weighted by molar-refractivity contribution is -0.129. The second-order valence-corrected chi connectivity index (χ2v) is 7.00. The number of benzene rings is 2. The van der Waals surface area contributed by atoms with Gasteiger partial charge in [-0.1, -0.05) is 49.2 Å². The SMILES string of the molecule is O=C(CC1NC2CCCCC2NC1=O)Nc1cccc2ccccc12. The van der Waals surface area contributed by atoms with Crippen LogP contribution in [-0.4, -0.2) is 29.9 Å². The zero-order chi connectivity index (χ0) is 17.2. The summed E-state index contributed by atoms with van der Waals surface area (Å²) in [4.78, 5) is 24.8. The highest BCUT2D eigenvalue weighted by Crippen LogP contribution is 2.24. The number of nitrogens with one attached hydrogen (secondary N) is 3. The smallest absolute Gasteiger partial charge is 0.237 e. The summed E-state index contributed by atoms with van der Waals surface area (Å²) in [6.45, 7) is 0. The molecule has 5 nitrogen and oxygen atoms in total. The Morgan fingerprint density at radius 3 is 2.68 bits per heavy atom. The fourth-order valence-corrected chi connectivity index (χ4v) is 3.99. The van der Waals surface area contributed by atoms with Crippen LogP contribution in [0.25, 0.3) is 10.8 Å². The zero-order valence-electron chi connectivity index (χ0n) is 14.1. The van der Waals surface area contributed by atoms with E-state index >= 15 is 0 Å². The van der Waals surface area contributed by atoms with E-state index in [1.807, 2.05) is 42.5 Å². The molecule has 1 heterocycles. The highest BCUT2D eigenvalue weighted by Gasteiger charge is 2.36. The van der Waals surface area contributed by atoms with E-state index in [9.17, 15) is 9.59 Å². The fraction of sp³-hybridized carbons (Fsp3) is 0.400. The number of amides is 2. The van der Waals surface area contributed by atoms with Crippen molar-refractivity contribution < 1.29 is 9.59 Å². The third-order valence-electron chi connectivity index (χ3n) is 5.28. The van der Waals surface area contributed by atoms with Crippen LogP contribution in [0.5, 0.6) is 0 Å². The molecule has 5 heteroatoms. The van der Waals surface area contributed by atoms with Crippen LogP contribution < -0.4 is 16.0 Å². The first kappa shape index (κ1) is 16.1. The van der Waals surface area contributed by atoms with Gasteiger partial charge in [0.25, 0.3) is 0 Å². The summed E-state index contributed by atoms with van der Waals surface area (Å²) in [7, 11) is 0. The molecule has 0 bridgehead atoms. The van der Waals surface area contributed by atoms with Crippen molar-refractivity contribution in [3.63, 3.8) is 0 Å². The summed E-state index contributed by atoms with van der Waals surface area (Å²) in [6.07, 6.45) is 4.58. The number of piperazine rings is 1. The molecular formula is C20H23N3O2. The maximum Gasteiger partial charge on any atom is 0.237 e. The molecular weight excluding hydrogens is 314 g/mol. The number of carbonyl (C=O) groups is 2. The molecule has 1 aliphatic heterocycles. The minimum Gasteiger partial charge on any atom is -0.350 e. The highest BCUT2D eigenvalue weighted by molar-refractivity contribution is 6.03. The largest absolute Gasteiger partial charge is 0.350 e. The van der Waals surface area contributed by atoms with Crippen LogP contribution in [0.2, 0.25) is 0 Å². The normalized spacial score (nSPS) is 25.9. The van der Waals surface area contributed by atoms with Crippen molar-refractivity contribution in [2.24, 2.45) is 0 Å². The molecule has 2 aromatic rings. The molecule has 1 saturated heterocycles. The molecule has 3 atom stereocenters. The number of rotatable bonds is 3. The number of fused-ring (bicyclic) bond motifs is 2. The van der Waals surface area contributed by atoms with Gasteiger partial charge < -0.3 is 16.0 Å². The first-order valence-electron chi connectivity index (χ1n) is 9.05. The predicted octanol–water partition coefficient (Wildman–Crippen LogP) is 2.57. The molecule has 130 valence electrons. The van der Waals surface area contributed by atoms with Gasteiger partial charge in [0.2, 0.25) is 11.8 Å². The van der Waals surface area contributed by atoms with Crippen molar-refractivity contribution in [2.45, 2.75) is 50.2 Å². The third kappa shape index (κ3) is 3.37. The summed E-state index contributed by atoms with van der Waals surface area (Å²) in [5.41, 5.74) is 0.787. The maximum absolute atomic E-state index is 12.5. The molecule has 2 amide bonds. The van der Waals surface area contributed by atoms with Crippen LogP contribution >= 0.6 is 0 Å². The summed E-state index contributed by atoms with van der Waals surface area (Å²) >= 11 is 0. The molecule has 4 rings (SSSR count). The molecule has 1 saturated carbocycles. The quantitative estimate of drug-likeness (QED) is 0.806. The molecule has 0 spiro atoms. The zero-order valence-corrected chi connectivity index (χ0v) is 14.1. The monoisotopic (exact) mass is 337 g/mol. The van der Waals surface area contributed by atoms with E-state index in [4.69, 9.17) is 0 Å². The van der Waals surface area contributed by atoms with Crippen LogP contribution in [0.1, 0.15) is 32.1 Å². The lowest BCUT2D eigenvalue weighted by Gasteiger charge is -2.40. The molecule has 0 aromatic heterocycles. The Kier molecular flexibility index (Phi) is 4.40. The van der Waals surface area contributed by atoms with Crippen molar-refractivity contribution in [1.29, 1.82) is 0 Å². The predicted molar refractivity (Wildman–Crippen MR) is 98.3 cm³/mol. The Labute approximate surface area is 147 Å². The van der Waals surface area contributed by atoms with Crippen molar-refractivity contribution in [3.8, 4) is 0 Å². The molecule has 2 aliphatic rings. The Bertz CT molecular complexity index is 799. The first-order valence-corrected chi connectivity index (χ1v) is 9.05. The number of carbonyl (C=O) groups excluding carboxylic acids is 2. The van der Waals surface area contributed by atoms with Crippen LogP contribution in [0.15, 0.2) is 42.5 Å². The number of anilines is 1. The minimum absolute atomic E-state index is 0.0591. The van der Waals surface area contributed by atoms with Gasteiger partial charge >= 0.3 is 0 Å². The van der Waals surface area contributed by atoms with E-state index in [0.717, 1.165) is 35.7 Å². The van der Waals surface area contributed by atoms with Crippen molar-refractivity contribution in [3.05, 3.63) is 42.5 Å². The van der Waals surface area contributed by atoms with Gasteiger partial charge in [-0.2, -0.15) is 0 Å². The molecule has 1 aliphatic carbocycles. The Hall–Kier alpha value is -2.40. The van der Waals surface area contributed by atoms with Crippen LogP contribution in [0.3, 0.4) is 0 Å². The third-order valence-corrected chi connectivity index (χ3v) is 5.28. The van der Waals surface area contributed by atoms with Crippen molar-refractivity contribution >= 4 is 28.3 Å². The molecule has 25 heavy (non-hydrogen) atoms. The molecule has 2 aromatic carbocycles. The summed E-state index contributed by atoms with van der Waals surface area (Å²) in [5, 5.41) is 11.5. The van der Waals surface area contributed by atoms with E-state index in [-0.39, 0.29) is 24.3 Å². The molecule has 3 unspecified atom stereocenters. The Balaban J connectivity index is 1.44. The highest BCUT2D eigenvalue weighted by atomic mass is 16.2. The topological polar surface area (TPSA) is 70.2 Å². The average molecular weight is 337 g/mol. The van der Waals surface area contributed by atoms with Gasteiger partial charge in [0.1, 0.15) is 0 Å². The lowest BCUT2D eigenvalue weighted by Crippen LogP contribution is -2.65. The van der Waals surface area contributed by atoms with E-state index < -0.39 is 6.04 Å². The molecule has 2 fully saturated rings. The second kappa shape index (κ2) is 6.84. The van der Waals surface area contributed by atoms with E-state index in [2.05, 4.69) is 16.0 Å². The summed E-state index contributed by atoms with van der Waals surface area (Å²) in [5.74, 6) is -0.200. The van der Waals surface area contributed by atoms with Crippen LogP contribution in [0, 0.1) is 0 Å². The van der Waals surface area contributed by atoms with Gasteiger partial charge in [0, 0.05) is 23.2 Å². The lowest BCUT2D eigenvalue weighted by atomic mass is 9.87. The molecule has 3 N–H and O–H groups in total. The number of hydrogen-bond acceptors (Lipinski definition) is 3. The van der Waals surface area contributed by atoms with E-state index in [1.54, 1.807) is 0 Å². The van der Waals surface area contributed by atoms with Gasteiger partial charge in [-0.05, 0) is 24.3 Å². The van der Waals surface area contributed by atoms with Crippen molar-refractivity contribution in [2.75, 3.05) is 5.32 Å². The number of hydrogen-bond donors (Lipinski definition) is 3. The van der Waals surface area contributed by atoms with Gasteiger partial charge in [-0.15, -0.1) is 0 Å². The summed E-state index contributed by atoms with van der Waals surface area (Å²) < 4.78 is 0. The van der Waals surface area contributed by atoms with E-state index in [0.29, 0.717) is 6.04 Å². The van der Waals surface area contributed by atoms with Gasteiger partial charge in [0.05, 0.1) is 12.5 Å². The van der Waals surface area contributed by atoms with Gasteiger partial charge in [0.15, 0.2) is 0 Å². The average Bonchev–Trinajstić information content (AvgIpc) is 2.63. The van der Waals surface area contributed by atoms with Gasteiger partial charge in [-0.25, -0.2) is 0 Å². The molecule has 0 radical (unpaired) electrons. The first-order chi connectivity index (χ1) is 12.2. The minimum atomic E-state index is -0.450. The van der Waals surface area contributed by atoms with Gasteiger partial charge in [-0.3, -0.25) is 9.59 Å². The summed E-state index contributed by atoms with van der Waals surface area (Å²) in [6, 6.07) is 13.8. The Morgan fingerprint density at radius 2 is 1.80 bits per heavy atom. The second-order valence-electron chi connectivity index (χ2n) is 7.00. The van der Waals surface area contributed by atoms with Crippen LogP contribution in [-0.2, 0) is 9.59 Å². The van der Waals surface area contributed by atoms with Crippen LogP contribution in [0.4, 0.5) is 5.69 Å². The van der Waals surface area contributed by atoms with Crippen molar-refractivity contribution in [1.82, 2.24) is 10.6 Å². The fourth-order valence-electron chi connectivity index (χ4n) is 3.99.